The molecule has 0 N–H and O–H groups in total. The number of hydrogen-bond donors (Lipinski definition) is 0. The monoisotopic (exact) mass is 379 g/mol. The molecule has 0 aliphatic heterocycles. The predicted octanol–water partition coefficient (Wildman–Crippen LogP) is 3.48. The second kappa shape index (κ2) is 5.93. The van der Waals surface area contributed by atoms with Gasteiger partial charge in [0.2, 0.25) is 4.96 Å². The van der Waals surface area contributed by atoms with Crippen LogP contribution in [0.1, 0.15) is 5.82 Å². The van der Waals surface area contributed by atoms with E-state index in [0.29, 0.717) is 11.1 Å². The summed E-state index contributed by atoms with van der Waals surface area (Å²) in [4.78, 5) is 18.1. The second-order valence-electron chi connectivity index (χ2n) is 5.87. The third-order valence-corrected chi connectivity index (χ3v) is 6.25. The van der Waals surface area contributed by atoms with Gasteiger partial charge in [-0.1, -0.05) is 47.4 Å². The average Bonchev–Trinajstić information content (AvgIpc) is 3.23. The van der Waals surface area contributed by atoms with E-state index < -0.39 is 0 Å². The maximum absolute atomic E-state index is 12.5. The normalized spacial score (nSPS) is 11.7. The van der Waals surface area contributed by atoms with E-state index in [-0.39, 0.29) is 5.56 Å². The van der Waals surface area contributed by atoms with Gasteiger partial charge in [0.25, 0.3) is 5.56 Å². The van der Waals surface area contributed by atoms with Gasteiger partial charge < -0.3 is 0 Å². The summed E-state index contributed by atoms with van der Waals surface area (Å²) in [6, 6.07) is 15.6. The summed E-state index contributed by atoms with van der Waals surface area (Å²) in [5.74, 6) is 1.26. The Hall–Kier alpha value is -2.71. The maximum atomic E-state index is 12.5. The summed E-state index contributed by atoms with van der Waals surface area (Å²) in [5, 5.41) is 10.0. The minimum absolute atomic E-state index is 0.0291. The van der Waals surface area contributed by atoms with Crippen molar-refractivity contribution in [3.05, 3.63) is 64.7 Å². The lowest BCUT2D eigenvalue weighted by atomic mass is 10.2. The van der Waals surface area contributed by atoms with Crippen LogP contribution in [0.2, 0.25) is 0 Å². The standard InChI is InChI=1S/C18H13N5OS2/c1-22-15(19-12-7-3-2-6-11(12)16(22)24)10-25-17-20-21-18-23(17)13-8-4-5-9-14(13)26-18/h2-9H,10H2,1H3. The highest BCUT2D eigenvalue weighted by Gasteiger charge is 2.14. The highest BCUT2D eigenvalue weighted by Crippen LogP contribution is 2.30. The van der Waals surface area contributed by atoms with Crippen molar-refractivity contribution >= 4 is 49.2 Å². The molecule has 0 aliphatic carbocycles. The van der Waals surface area contributed by atoms with Gasteiger partial charge in [-0.05, 0) is 24.3 Å². The molecule has 2 aromatic carbocycles. The molecule has 0 spiro atoms. The molecule has 3 aromatic heterocycles. The number of benzene rings is 2. The van der Waals surface area contributed by atoms with Crippen LogP contribution >= 0.6 is 23.1 Å². The first-order chi connectivity index (χ1) is 12.7. The lowest BCUT2D eigenvalue weighted by molar-refractivity contribution is 0.783. The summed E-state index contributed by atoms with van der Waals surface area (Å²) >= 11 is 3.15. The second-order valence-corrected chi connectivity index (χ2v) is 7.82. The third kappa shape index (κ3) is 2.33. The molecule has 0 atom stereocenters. The largest absolute Gasteiger partial charge is 0.299 e. The predicted molar refractivity (Wildman–Crippen MR) is 105 cm³/mol. The summed E-state index contributed by atoms with van der Waals surface area (Å²) in [6.45, 7) is 0. The van der Waals surface area contributed by atoms with E-state index in [0.717, 1.165) is 27.0 Å². The van der Waals surface area contributed by atoms with Crippen LogP contribution in [0.25, 0.3) is 26.1 Å². The van der Waals surface area contributed by atoms with Crippen LogP contribution in [0.4, 0.5) is 0 Å². The molecule has 26 heavy (non-hydrogen) atoms. The highest BCUT2D eigenvalue weighted by molar-refractivity contribution is 7.98. The molecule has 8 heteroatoms. The third-order valence-electron chi connectivity index (χ3n) is 4.32. The minimum atomic E-state index is -0.0291. The van der Waals surface area contributed by atoms with Gasteiger partial charge in [0.1, 0.15) is 5.82 Å². The molecule has 0 bridgehead atoms. The molecular formula is C18H13N5OS2. The van der Waals surface area contributed by atoms with Crippen LogP contribution in [-0.2, 0) is 12.8 Å². The number of thioether (sulfide) groups is 1. The van der Waals surface area contributed by atoms with E-state index in [1.165, 1.54) is 16.5 Å². The van der Waals surface area contributed by atoms with Gasteiger partial charge in [0.15, 0.2) is 5.16 Å². The first kappa shape index (κ1) is 15.5. The number of hydrogen-bond acceptors (Lipinski definition) is 6. The molecule has 0 radical (unpaired) electrons. The molecule has 5 aromatic rings. The maximum Gasteiger partial charge on any atom is 0.261 e. The number of thiazole rings is 1. The zero-order valence-electron chi connectivity index (χ0n) is 13.8. The quantitative estimate of drug-likeness (QED) is 0.449. The topological polar surface area (TPSA) is 65.1 Å². The van der Waals surface area contributed by atoms with Crippen LogP contribution < -0.4 is 5.56 Å². The number of nitrogens with zero attached hydrogens (tertiary/aromatic N) is 5. The van der Waals surface area contributed by atoms with Crippen molar-refractivity contribution in [1.82, 2.24) is 24.1 Å². The molecule has 0 unspecified atom stereocenters. The van der Waals surface area contributed by atoms with Crippen LogP contribution in [0.15, 0.2) is 58.5 Å². The van der Waals surface area contributed by atoms with Crippen molar-refractivity contribution in [2.24, 2.45) is 7.05 Å². The Kier molecular flexibility index (Phi) is 3.54. The van der Waals surface area contributed by atoms with Crippen molar-refractivity contribution in [2.45, 2.75) is 10.9 Å². The average molecular weight is 379 g/mol. The van der Waals surface area contributed by atoms with Gasteiger partial charge in [-0.2, -0.15) is 0 Å². The zero-order chi connectivity index (χ0) is 17.7. The van der Waals surface area contributed by atoms with Gasteiger partial charge in [-0.25, -0.2) is 4.98 Å². The SMILES string of the molecule is Cn1c(CSc2nnc3sc4ccccc4n23)nc2ccccc2c1=O. The Morgan fingerprint density at radius 3 is 2.81 bits per heavy atom. The number of para-hydroxylation sites is 2. The fourth-order valence-electron chi connectivity index (χ4n) is 2.97. The van der Waals surface area contributed by atoms with E-state index in [1.54, 1.807) is 29.0 Å². The van der Waals surface area contributed by atoms with Crippen molar-refractivity contribution in [3.63, 3.8) is 0 Å². The van der Waals surface area contributed by atoms with Gasteiger partial charge in [0.05, 0.1) is 26.9 Å². The van der Waals surface area contributed by atoms with Crippen molar-refractivity contribution < 1.29 is 0 Å². The van der Waals surface area contributed by atoms with E-state index in [2.05, 4.69) is 31.7 Å². The fraction of sp³-hybridized carbons (Fsp3) is 0.111. The van der Waals surface area contributed by atoms with Gasteiger partial charge in [-0.3, -0.25) is 13.8 Å². The Bertz CT molecular complexity index is 1330. The molecule has 3 heterocycles. The molecule has 0 fully saturated rings. The number of fused-ring (bicyclic) bond motifs is 4. The smallest absolute Gasteiger partial charge is 0.261 e. The Labute approximate surface area is 156 Å². The van der Waals surface area contributed by atoms with Gasteiger partial charge >= 0.3 is 0 Å². The Morgan fingerprint density at radius 1 is 1.08 bits per heavy atom. The van der Waals surface area contributed by atoms with Crippen LogP contribution in [0.5, 0.6) is 0 Å². The molecule has 128 valence electrons. The molecule has 0 saturated heterocycles. The van der Waals surface area contributed by atoms with E-state index in [9.17, 15) is 4.79 Å². The Morgan fingerprint density at radius 2 is 1.88 bits per heavy atom. The van der Waals surface area contributed by atoms with Crippen molar-refractivity contribution in [3.8, 4) is 0 Å². The van der Waals surface area contributed by atoms with Crippen molar-refractivity contribution in [2.75, 3.05) is 0 Å². The number of aromatic nitrogens is 5. The first-order valence-corrected chi connectivity index (χ1v) is 9.83. The van der Waals surface area contributed by atoms with E-state index >= 15 is 0 Å². The molecular weight excluding hydrogens is 366 g/mol. The summed E-state index contributed by atoms with van der Waals surface area (Å²) in [7, 11) is 1.76. The van der Waals surface area contributed by atoms with Gasteiger partial charge in [-0.15, -0.1) is 10.2 Å². The molecule has 0 amide bonds. The summed E-state index contributed by atoms with van der Waals surface area (Å²) in [6.07, 6.45) is 0. The fourth-order valence-corrected chi connectivity index (χ4v) is 4.92. The van der Waals surface area contributed by atoms with Crippen molar-refractivity contribution in [1.29, 1.82) is 0 Å². The first-order valence-electron chi connectivity index (χ1n) is 8.02. The molecule has 0 aliphatic rings. The molecule has 5 rings (SSSR count). The zero-order valence-corrected chi connectivity index (χ0v) is 15.4. The van der Waals surface area contributed by atoms with E-state index in [4.69, 9.17) is 0 Å². The van der Waals surface area contributed by atoms with Crippen LogP contribution in [0, 0.1) is 0 Å². The number of rotatable bonds is 3. The van der Waals surface area contributed by atoms with E-state index in [1.807, 2.05) is 30.3 Å². The lowest BCUT2D eigenvalue weighted by Crippen LogP contribution is -2.21. The summed E-state index contributed by atoms with van der Waals surface area (Å²) in [5.41, 5.74) is 1.79. The molecule has 0 saturated carbocycles. The highest BCUT2D eigenvalue weighted by atomic mass is 32.2. The van der Waals surface area contributed by atoms with Crippen LogP contribution in [-0.4, -0.2) is 24.1 Å². The lowest BCUT2D eigenvalue weighted by Gasteiger charge is -2.08. The van der Waals surface area contributed by atoms with Gasteiger partial charge in [0, 0.05) is 7.05 Å². The Balaban J connectivity index is 1.56. The molecule has 6 nitrogen and oxygen atoms in total. The minimum Gasteiger partial charge on any atom is -0.299 e. The van der Waals surface area contributed by atoms with Crippen LogP contribution in [0.3, 0.4) is 0 Å². The summed E-state index contributed by atoms with van der Waals surface area (Å²) < 4.78 is 4.85.